The van der Waals surface area contributed by atoms with E-state index in [0.29, 0.717) is 67.4 Å². The zero-order chi connectivity index (χ0) is 23.6. The highest BCUT2D eigenvalue weighted by Crippen LogP contribution is 2.41. The Kier molecular flexibility index (Phi) is 4.93. The van der Waals surface area contributed by atoms with Crippen molar-refractivity contribution in [1.29, 1.82) is 0 Å². The van der Waals surface area contributed by atoms with Crippen LogP contribution in [0.5, 0.6) is 0 Å². The summed E-state index contributed by atoms with van der Waals surface area (Å²) >= 11 is 0. The molecule has 1 aromatic rings. The number of hydrazone groups is 1. The second-order valence-electron chi connectivity index (χ2n) is 9.43. The summed E-state index contributed by atoms with van der Waals surface area (Å²) in [6.45, 7) is 3.10. The number of aliphatic hydroxyl groups is 1. The van der Waals surface area contributed by atoms with Crippen LogP contribution in [0, 0.1) is 11.6 Å². The van der Waals surface area contributed by atoms with Crippen LogP contribution >= 0.6 is 0 Å². The van der Waals surface area contributed by atoms with Crippen LogP contribution in [0.25, 0.3) is 11.6 Å². The van der Waals surface area contributed by atoms with Gasteiger partial charge in [0.15, 0.2) is 11.6 Å². The fourth-order valence-electron chi connectivity index (χ4n) is 5.25. The van der Waals surface area contributed by atoms with Crippen LogP contribution in [0.2, 0.25) is 0 Å². The molecule has 0 spiro atoms. The Labute approximate surface area is 196 Å². The predicted molar refractivity (Wildman–Crippen MR) is 124 cm³/mol. The molecule has 4 heterocycles. The summed E-state index contributed by atoms with van der Waals surface area (Å²) < 4.78 is 29.6. The standard InChI is InChI=1S/C25H25F2N5O2/c1-30-11-17(14-4-6-31(7-5-14)13-21(34)32-9-16(33)10-32)25-18(12-30)23-22-15(8-19(26)24(23)27)2-3-20(22)28-29-25/h2-4,8,12,16,29,33H,5-7,9-11,13H2,1H3. The lowest BCUT2D eigenvalue weighted by Gasteiger charge is -2.38. The topological polar surface area (TPSA) is 71.4 Å². The van der Waals surface area contributed by atoms with Crippen molar-refractivity contribution in [3.63, 3.8) is 0 Å². The summed E-state index contributed by atoms with van der Waals surface area (Å²) in [7, 11) is 1.92. The van der Waals surface area contributed by atoms with E-state index in [-0.39, 0.29) is 11.5 Å². The van der Waals surface area contributed by atoms with Gasteiger partial charge in [0.05, 0.1) is 24.1 Å². The second-order valence-corrected chi connectivity index (χ2v) is 9.43. The molecule has 9 heteroatoms. The maximum atomic E-state index is 15.2. The number of nitrogens with zero attached hydrogens (tertiary/aromatic N) is 4. The van der Waals surface area contributed by atoms with E-state index in [0.717, 1.165) is 17.6 Å². The quantitative estimate of drug-likeness (QED) is 0.711. The predicted octanol–water partition coefficient (Wildman–Crippen LogP) is 1.67. The Bertz CT molecular complexity index is 1260. The molecule has 176 valence electrons. The van der Waals surface area contributed by atoms with Crippen molar-refractivity contribution in [3.8, 4) is 0 Å². The molecular formula is C25H25F2N5O2. The van der Waals surface area contributed by atoms with Crippen LogP contribution in [0.1, 0.15) is 23.1 Å². The number of amides is 1. The summed E-state index contributed by atoms with van der Waals surface area (Å²) in [4.78, 5) is 18.1. The largest absolute Gasteiger partial charge is 0.389 e. The number of likely N-dealkylation sites (N-methyl/N-ethyl adjacent to an activating group) is 1. The van der Waals surface area contributed by atoms with Crippen molar-refractivity contribution in [1.82, 2.24) is 20.1 Å². The van der Waals surface area contributed by atoms with Gasteiger partial charge in [0.2, 0.25) is 5.91 Å². The van der Waals surface area contributed by atoms with E-state index < -0.39 is 17.7 Å². The van der Waals surface area contributed by atoms with Crippen molar-refractivity contribution in [2.24, 2.45) is 5.10 Å². The SMILES string of the molecule is CN1C=C2C(=C(C3=CCN(CC(=O)N4CC(O)C4)CC3)C1)NN=C1C=Cc3cc(F)c(F)c2c31. The highest BCUT2D eigenvalue weighted by Gasteiger charge is 2.34. The molecule has 0 atom stereocenters. The Morgan fingerprint density at radius 2 is 2.09 bits per heavy atom. The Morgan fingerprint density at radius 3 is 2.82 bits per heavy atom. The van der Waals surface area contributed by atoms with Gasteiger partial charge >= 0.3 is 0 Å². The molecular weight excluding hydrogens is 440 g/mol. The van der Waals surface area contributed by atoms with Crippen LogP contribution < -0.4 is 5.43 Å². The fraction of sp³-hybridized carbons (Fsp3) is 0.360. The zero-order valence-corrected chi connectivity index (χ0v) is 18.8. The number of fused-ring (bicyclic) bond motifs is 2. The van der Waals surface area contributed by atoms with Gasteiger partial charge in [-0.2, -0.15) is 5.10 Å². The van der Waals surface area contributed by atoms with Crippen molar-refractivity contribution < 1.29 is 18.7 Å². The molecule has 34 heavy (non-hydrogen) atoms. The van der Waals surface area contributed by atoms with Crippen molar-refractivity contribution in [2.45, 2.75) is 12.5 Å². The molecule has 7 nitrogen and oxygen atoms in total. The summed E-state index contributed by atoms with van der Waals surface area (Å²) in [6, 6.07) is 1.22. The molecule has 2 N–H and O–H groups in total. The number of rotatable bonds is 3. The highest BCUT2D eigenvalue weighted by atomic mass is 19.2. The third-order valence-corrected chi connectivity index (χ3v) is 7.07. The maximum absolute atomic E-state index is 15.2. The Morgan fingerprint density at radius 1 is 1.26 bits per heavy atom. The Hall–Kier alpha value is -3.30. The van der Waals surface area contributed by atoms with Gasteiger partial charge in [0, 0.05) is 68.2 Å². The molecule has 1 amide bonds. The molecule has 1 saturated heterocycles. The molecule has 5 aliphatic rings. The summed E-state index contributed by atoms with van der Waals surface area (Å²) in [6.07, 6.45) is 7.81. The van der Waals surface area contributed by atoms with E-state index in [4.69, 9.17) is 0 Å². The minimum absolute atomic E-state index is 0.0338. The minimum Gasteiger partial charge on any atom is -0.389 e. The number of carbonyl (C=O) groups excluding carboxylic acids is 1. The molecule has 1 fully saturated rings. The number of benzene rings is 1. The third-order valence-electron chi connectivity index (χ3n) is 7.07. The van der Waals surface area contributed by atoms with Gasteiger partial charge in [-0.15, -0.1) is 0 Å². The molecule has 0 aromatic heterocycles. The lowest BCUT2D eigenvalue weighted by atomic mass is 9.87. The number of nitrogens with one attached hydrogen (secondary N) is 1. The molecule has 4 aliphatic heterocycles. The monoisotopic (exact) mass is 465 g/mol. The summed E-state index contributed by atoms with van der Waals surface area (Å²) in [5.41, 5.74) is 8.63. The number of carbonyl (C=O) groups is 1. The van der Waals surface area contributed by atoms with Crippen LogP contribution in [0.15, 0.2) is 46.4 Å². The highest BCUT2D eigenvalue weighted by molar-refractivity contribution is 6.20. The zero-order valence-electron chi connectivity index (χ0n) is 18.8. The van der Waals surface area contributed by atoms with E-state index in [1.165, 1.54) is 6.07 Å². The van der Waals surface area contributed by atoms with Gasteiger partial charge in [-0.1, -0.05) is 12.2 Å². The first-order valence-electron chi connectivity index (χ1n) is 11.5. The number of β-amino-alcohol motifs (C(OH)–C–C–N with tert-alkyl or cyclic N) is 1. The summed E-state index contributed by atoms with van der Waals surface area (Å²) in [5.74, 6) is -1.70. The number of hydrogen-bond acceptors (Lipinski definition) is 6. The number of allylic oxidation sites excluding steroid dienone is 2. The fourth-order valence-corrected chi connectivity index (χ4v) is 5.25. The van der Waals surface area contributed by atoms with Gasteiger partial charge in [-0.3, -0.25) is 15.1 Å². The van der Waals surface area contributed by atoms with Crippen LogP contribution in [-0.2, 0) is 4.79 Å². The normalized spacial score (nSPS) is 21.8. The van der Waals surface area contributed by atoms with E-state index in [1.54, 1.807) is 17.1 Å². The lowest BCUT2D eigenvalue weighted by molar-refractivity contribution is -0.142. The van der Waals surface area contributed by atoms with E-state index in [1.807, 2.05) is 18.1 Å². The first-order chi connectivity index (χ1) is 16.4. The third kappa shape index (κ3) is 3.38. The van der Waals surface area contributed by atoms with Gasteiger partial charge < -0.3 is 14.9 Å². The number of halogens is 2. The molecule has 0 bridgehead atoms. The van der Waals surface area contributed by atoms with E-state index in [2.05, 4.69) is 21.5 Å². The average Bonchev–Trinajstić information content (AvgIpc) is 3.10. The van der Waals surface area contributed by atoms with E-state index >= 15 is 4.39 Å². The molecule has 0 radical (unpaired) electrons. The van der Waals surface area contributed by atoms with Gasteiger partial charge in [0.25, 0.3) is 0 Å². The van der Waals surface area contributed by atoms with Crippen molar-refractivity contribution >= 4 is 23.3 Å². The van der Waals surface area contributed by atoms with Crippen molar-refractivity contribution in [3.05, 3.63) is 69.6 Å². The van der Waals surface area contributed by atoms with Gasteiger partial charge in [0.1, 0.15) is 0 Å². The van der Waals surface area contributed by atoms with E-state index in [9.17, 15) is 14.3 Å². The first-order valence-corrected chi connectivity index (χ1v) is 11.5. The van der Waals surface area contributed by atoms with Crippen LogP contribution in [0.4, 0.5) is 8.78 Å². The lowest BCUT2D eigenvalue weighted by Crippen LogP contribution is -2.56. The van der Waals surface area contributed by atoms with Crippen molar-refractivity contribution in [2.75, 3.05) is 46.3 Å². The average molecular weight is 466 g/mol. The number of aliphatic hydroxyl groups excluding tert-OH is 1. The smallest absolute Gasteiger partial charge is 0.236 e. The first kappa shape index (κ1) is 21.2. The number of hydrogen-bond donors (Lipinski definition) is 2. The Balaban J connectivity index is 1.32. The van der Waals surface area contributed by atoms with Crippen LogP contribution in [-0.4, -0.2) is 83.8 Å². The maximum Gasteiger partial charge on any atom is 0.236 e. The number of likely N-dealkylation sites (tertiary alicyclic amines) is 1. The van der Waals surface area contributed by atoms with Gasteiger partial charge in [-0.05, 0) is 29.7 Å². The second kappa shape index (κ2) is 7.89. The van der Waals surface area contributed by atoms with Crippen LogP contribution in [0.3, 0.4) is 0 Å². The van der Waals surface area contributed by atoms with Gasteiger partial charge in [-0.25, -0.2) is 8.78 Å². The molecule has 0 saturated carbocycles. The minimum atomic E-state index is -0.872. The summed E-state index contributed by atoms with van der Waals surface area (Å²) in [5, 5.41) is 13.9. The molecule has 1 aromatic carbocycles. The molecule has 6 rings (SSSR count). The molecule has 0 unspecified atom stereocenters. The molecule has 1 aliphatic carbocycles.